The van der Waals surface area contributed by atoms with Crippen molar-refractivity contribution in [1.29, 1.82) is 0 Å². The average molecular weight is 364 g/mol. The number of hydrogen-bond acceptors (Lipinski definition) is 4. The molecule has 0 spiro atoms. The fourth-order valence-electron chi connectivity index (χ4n) is 2.59. The lowest BCUT2D eigenvalue weighted by molar-refractivity contribution is -0.138. The van der Waals surface area contributed by atoms with Crippen molar-refractivity contribution in [1.82, 2.24) is 5.32 Å². The Kier molecular flexibility index (Phi) is 8.58. The molecule has 0 saturated carbocycles. The number of nitrogens with one attached hydrogen (secondary N) is 2. The summed E-state index contributed by atoms with van der Waals surface area (Å²) in [7, 11) is 1.62. The van der Waals surface area contributed by atoms with E-state index in [1.54, 1.807) is 21.0 Å². The van der Waals surface area contributed by atoms with Crippen molar-refractivity contribution in [2.45, 2.75) is 41.0 Å². The Morgan fingerprint density at radius 2 is 1.81 bits per heavy atom. The van der Waals surface area contributed by atoms with Crippen LogP contribution in [0, 0.1) is 12.3 Å². The van der Waals surface area contributed by atoms with Crippen LogP contribution in [0.25, 0.3) is 0 Å². The number of anilines is 2. The predicted molar refractivity (Wildman–Crippen MR) is 107 cm³/mol. The minimum atomic E-state index is -1.16. The van der Waals surface area contributed by atoms with Crippen LogP contribution >= 0.6 is 0 Å². The topological polar surface area (TPSA) is 70.7 Å². The lowest BCUT2D eigenvalue weighted by atomic mass is 9.90. The molecule has 6 heteroatoms. The fraction of sp³-hybridized carbons (Fsp3) is 0.600. The van der Waals surface area contributed by atoms with Crippen LogP contribution in [0.15, 0.2) is 18.2 Å². The zero-order valence-electron chi connectivity index (χ0n) is 16.9. The Morgan fingerprint density at radius 1 is 1.15 bits per heavy atom. The second-order valence-corrected chi connectivity index (χ2v) is 6.85. The van der Waals surface area contributed by atoms with Gasteiger partial charge >= 0.3 is 0 Å². The van der Waals surface area contributed by atoms with Crippen LogP contribution in [-0.2, 0) is 14.3 Å². The molecule has 0 unspecified atom stereocenters. The van der Waals surface area contributed by atoms with Gasteiger partial charge in [-0.15, -0.1) is 0 Å². The monoisotopic (exact) mass is 363 g/mol. The van der Waals surface area contributed by atoms with Crippen LogP contribution in [0.4, 0.5) is 11.4 Å². The van der Waals surface area contributed by atoms with E-state index in [4.69, 9.17) is 4.74 Å². The molecule has 146 valence electrons. The highest BCUT2D eigenvalue weighted by atomic mass is 16.5. The van der Waals surface area contributed by atoms with Gasteiger partial charge in [-0.05, 0) is 64.8 Å². The van der Waals surface area contributed by atoms with Gasteiger partial charge in [-0.1, -0.05) is 0 Å². The summed E-state index contributed by atoms with van der Waals surface area (Å²) in [6.45, 7) is 12.4. The Balaban J connectivity index is 2.77. The predicted octanol–water partition coefficient (Wildman–Crippen LogP) is 2.96. The third-order valence-corrected chi connectivity index (χ3v) is 4.53. The van der Waals surface area contributed by atoms with Gasteiger partial charge in [0.2, 0.25) is 11.8 Å². The highest BCUT2D eigenvalue weighted by Gasteiger charge is 2.36. The van der Waals surface area contributed by atoms with Crippen molar-refractivity contribution in [3.05, 3.63) is 23.8 Å². The Labute approximate surface area is 157 Å². The number of ether oxygens (including phenoxy) is 1. The lowest BCUT2D eigenvalue weighted by Crippen LogP contribution is -2.45. The molecule has 0 aliphatic rings. The molecule has 1 aromatic rings. The molecule has 0 aromatic heterocycles. The first-order chi connectivity index (χ1) is 12.3. The SMILES string of the molecule is CCN(CC)c1ccc(NC(=O)C(C)(C)C(=O)NCCCOC)c(C)c1. The van der Waals surface area contributed by atoms with E-state index in [9.17, 15) is 9.59 Å². The van der Waals surface area contributed by atoms with Gasteiger partial charge in [-0.2, -0.15) is 0 Å². The molecule has 6 nitrogen and oxygen atoms in total. The minimum Gasteiger partial charge on any atom is -0.385 e. The van der Waals surface area contributed by atoms with E-state index in [-0.39, 0.29) is 11.8 Å². The van der Waals surface area contributed by atoms with Crippen molar-refractivity contribution in [2.75, 3.05) is 43.6 Å². The van der Waals surface area contributed by atoms with Gasteiger partial charge in [-0.25, -0.2) is 0 Å². The molecule has 1 rings (SSSR count). The fourth-order valence-corrected chi connectivity index (χ4v) is 2.59. The molecule has 0 atom stereocenters. The second-order valence-electron chi connectivity index (χ2n) is 6.85. The van der Waals surface area contributed by atoms with Gasteiger partial charge in [0.15, 0.2) is 0 Å². The maximum Gasteiger partial charge on any atom is 0.239 e. The molecule has 1 aromatic carbocycles. The molecular formula is C20H33N3O3. The summed E-state index contributed by atoms with van der Waals surface area (Å²) in [5.74, 6) is -0.607. The molecule has 0 radical (unpaired) electrons. The molecule has 0 aliphatic heterocycles. The van der Waals surface area contributed by atoms with Gasteiger partial charge in [0.1, 0.15) is 5.41 Å². The number of amides is 2. The number of benzene rings is 1. The van der Waals surface area contributed by atoms with Crippen LogP contribution in [0.3, 0.4) is 0 Å². The molecule has 0 heterocycles. The highest BCUT2D eigenvalue weighted by molar-refractivity contribution is 6.10. The number of aryl methyl sites for hydroxylation is 1. The minimum absolute atomic E-state index is 0.288. The summed E-state index contributed by atoms with van der Waals surface area (Å²) in [5, 5.41) is 5.68. The van der Waals surface area contributed by atoms with E-state index in [1.807, 2.05) is 19.1 Å². The first-order valence-electron chi connectivity index (χ1n) is 9.22. The summed E-state index contributed by atoms with van der Waals surface area (Å²) < 4.78 is 4.96. The number of rotatable bonds is 10. The quantitative estimate of drug-likeness (QED) is 0.495. The third-order valence-electron chi connectivity index (χ3n) is 4.53. The summed E-state index contributed by atoms with van der Waals surface area (Å²) in [6, 6.07) is 5.95. The second kappa shape index (κ2) is 10.2. The number of hydrogen-bond donors (Lipinski definition) is 2. The van der Waals surface area contributed by atoms with Crippen molar-refractivity contribution < 1.29 is 14.3 Å². The van der Waals surface area contributed by atoms with Crippen molar-refractivity contribution >= 4 is 23.2 Å². The molecule has 2 N–H and O–H groups in total. The maximum atomic E-state index is 12.6. The summed E-state index contributed by atoms with van der Waals surface area (Å²) in [4.78, 5) is 27.2. The van der Waals surface area contributed by atoms with Crippen LogP contribution in [0.5, 0.6) is 0 Å². The highest BCUT2D eigenvalue weighted by Crippen LogP contribution is 2.25. The van der Waals surface area contributed by atoms with Gasteiger partial charge < -0.3 is 20.3 Å². The molecule has 0 bridgehead atoms. The van der Waals surface area contributed by atoms with Crippen LogP contribution in [-0.4, -0.2) is 45.2 Å². The average Bonchev–Trinajstić information content (AvgIpc) is 2.61. The van der Waals surface area contributed by atoms with E-state index in [1.165, 1.54) is 0 Å². The molecule has 2 amide bonds. The molecular weight excluding hydrogens is 330 g/mol. The van der Waals surface area contributed by atoms with Crippen LogP contribution < -0.4 is 15.5 Å². The zero-order valence-corrected chi connectivity index (χ0v) is 16.9. The van der Waals surface area contributed by atoms with E-state index in [2.05, 4.69) is 35.4 Å². The smallest absolute Gasteiger partial charge is 0.239 e. The Morgan fingerprint density at radius 3 is 2.35 bits per heavy atom. The summed E-state index contributed by atoms with van der Waals surface area (Å²) >= 11 is 0. The molecule has 0 fully saturated rings. The molecule has 26 heavy (non-hydrogen) atoms. The summed E-state index contributed by atoms with van der Waals surface area (Å²) in [6.07, 6.45) is 0.714. The largest absolute Gasteiger partial charge is 0.385 e. The van der Waals surface area contributed by atoms with Gasteiger partial charge in [0.05, 0.1) is 0 Å². The third kappa shape index (κ3) is 5.73. The standard InChI is InChI=1S/C20H33N3O3/c1-7-23(8-2)16-10-11-17(15(3)14-16)22-19(25)20(4,5)18(24)21-12-9-13-26-6/h10-11,14H,7-9,12-13H2,1-6H3,(H,21,24)(H,22,25). The number of carbonyl (C=O) groups is 2. The van der Waals surface area contributed by atoms with E-state index >= 15 is 0 Å². The van der Waals surface area contributed by atoms with Crippen molar-refractivity contribution in [3.63, 3.8) is 0 Å². The number of methoxy groups -OCH3 is 1. The normalized spacial score (nSPS) is 11.2. The zero-order chi connectivity index (χ0) is 19.7. The van der Waals surface area contributed by atoms with Gasteiger partial charge in [0, 0.05) is 44.7 Å². The van der Waals surface area contributed by atoms with Gasteiger partial charge in [0.25, 0.3) is 0 Å². The van der Waals surface area contributed by atoms with Crippen LogP contribution in [0.2, 0.25) is 0 Å². The Bertz CT molecular complexity index is 610. The first kappa shape index (κ1) is 22.0. The number of carbonyl (C=O) groups excluding carboxylic acids is 2. The lowest BCUT2D eigenvalue weighted by Gasteiger charge is -2.25. The van der Waals surface area contributed by atoms with E-state index in [0.29, 0.717) is 19.6 Å². The first-order valence-corrected chi connectivity index (χ1v) is 9.22. The Hall–Kier alpha value is -2.08. The van der Waals surface area contributed by atoms with Crippen molar-refractivity contribution in [2.24, 2.45) is 5.41 Å². The van der Waals surface area contributed by atoms with Crippen molar-refractivity contribution in [3.8, 4) is 0 Å². The van der Waals surface area contributed by atoms with Crippen LogP contribution in [0.1, 0.15) is 39.7 Å². The van der Waals surface area contributed by atoms with E-state index in [0.717, 1.165) is 30.0 Å². The van der Waals surface area contributed by atoms with Gasteiger partial charge in [-0.3, -0.25) is 9.59 Å². The number of nitrogens with zero attached hydrogens (tertiary/aromatic N) is 1. The molecule has 0 aliphatic carbocycles. The molecule has 0 saturated heterocycles. The summed E-state index contributed by atoms with van der Waals surface area (Å²) in [5.41, 5.74) is 1.67. The van der Waals surface area contributed by atoms with E-state index < -0.39 is 5.41 Å². The maximum absolute atomic E-state index is 12.6.